The van der Waals surface area contributed by atoms with E-state index in [-0.39, 0.29) is 47.5 Å². The average molecular weight is 454 g/mol. The molecule has 2 bridgehead atoms. The maximum Gasteiger partial charge on any atom is 0.244 e. The molecule has 3 fully saturated rings. The number of aliphatic hydroxyl groups is 1. The molecule has 0 aromatic heterocycles. The first kappa shape index (κ1) is 24.4. The molecular weight excluding hydrogens is 414 g/mol. The minimum absolute atomic E-state index is 0.00900. The van der Waals surface area contributed by atoms with Gasteiger partial charge >= 0.3 is 0 Å². The predicted molar refractivity (Wildman–Crippen MR) is 122 cm³/mol. The molecule has 0 aliphatic carbocycles. The van der Waals surface area contributed by atoms with Crippen molar-refractivity contribution < 1.29 is 19.5 Å². The number of carbonyl (C=O) groups excluding carboxylic acids is 3. The number of fused-ring (bicyclic) bond motifs is 1. The fraction of sp³-hybridized carbons (Fsp3) is 0.870. The van der Waals surface area contributed by atoms with Gasteiger partial charge in [0.2, 0.25) is 17.7 Å². The second-order valence-corrected chi connectivity index (χ2v) is 11.3. The third-order valence-electron chi connectivity index (χ3n) is 7.94. The lowest BCUT2D eigenvalue weighted by Crippen LogP contribution is -2.60. The van der Waals surface area contributed by atoms with Gasteiger partial charge in [-0.1, -0.05) is 40.5 Å². The van der Waals surface area contributed by atoms with Crippen LogP contribution in [0.3, 0.4) is 0 Å². The molecule has 176 valence electrons. The number of hydrogen-bond donors (Lipinski definition) is 3. The first-order chi connectivity index (χ1) is 14.7. The van der Waals surface area contributed by atoms with Gasteiger partial charge in [0.1, 0.15) is 6.04 Å². The number of likely N-dealkylation sites (tertiary alicyclic amines) is 1. The van der Waals surface area contributed by atoms with Gasteiger partial charge in [0.25, 0.3) is 0 Å². The molecule has 9 atom stereocenters. The van der Waals surface area contributed by atoms with Crippen molar-refractivity contribution in [3.63, 3.8) is 0 Å². The lowest BCUT2D eigenvalue weighted by atomic mass is 9.66. The van der Waals surface area contributed by atoms with Crippen LogP contribution in [-0.2, 0) is 14.4 Å². The normalized spacial score (nSPS) is 36.8. The van der Waals surface area contributed by atoms with E-state index in [0.29, 0.717) is 0 Å². The maximum atomic E-state index is 13.9. The highest BCUT2D eigenvalue weighted by Gasteiger charge is 2.76. The van der Waals surface area contributed by atoms with Crippen LogP contribution in [0, 0.1) is 23.7 Å². The largest absolute Gasteiger partial charge is 0.394 e. The van der Waals surface area contributed by atoms with Gasteiger partial charge in [-0.15, -0.1) is 11.8 Å². The number of carbonyl (C=O) groups is 3. The van der Waals surface area contributed by atoms with Gasteiger partial charge in [0.05, 0.1) is 29.2 Å². The van der Waals surface area contributed by atoms with Crippen molar-refractivity contribution in [2.24, 2.45) is 23.7 Å². The minimum Gasteiger partial charge on any atom is -0.394 e. The molecule has 3 N–H and O–H groups in total. The highest BCUT2D eigenvalue weighted by atomic mass is 32.2. The van der Waals surface area contributed by atoms with E-state index < -0.39 is 28.7 Å². The fourth-order valence-electron chi connectivity index (χ4n) is 6.22. The number of thioether (sulfide) groups is 1. The Hall–Kier alpha value is -1.28. The maximum absolute atomic E-state index is 13.9. The minimum atomic E-state index is -0.671. The fourth-order valence-corrected chi connectivity index (χ4v) is 8.63. The Kier molecular flexibility index (Phi) is 7.31. The number of nitrogens with one attached hydrogen (secondary N) is 2. The Morgan fingerprint density at radius 2 is 1.97 bits per heavy atom. The molecule has 3 amide bonds. The van der Waals surface area contributed by atoms with E-state index >= 15 is 0 Å². The summed E-state index contributed by atoms with van der Waals surface area (Å²) < 4.78 is -0.629. The highest BCUT2D eigenvalue weighted by Crippen LogP contribution is 2.68. The van der Waals surface area contributed by atoms with Gasteiger partial charge < -0.3 is 20.6 Å². The van der Waals surface area contributed by atoms with Gasteiger partial charge in [0, 0.05) is 18.3 Å². The van der Waals surface area contributed by atoms with E-state index in [1.807, 2.05) is 20.8 Å². The van der Waals surface area contributed by atoms with E-state index in [1.165, 1.54) is 0 Å². The van der Waals surface area contributed by atoms with Crippen LogP contribution < -0.4 is 10.6 Å². The molecule has 8 heteroatoms. The number of rotatable bonds is 9. The van der Waals surface area contributed by atoms with Crippen LogP contribution in [0.15, 0.2) is 0 Å². The van der Waals surface area contributed by atoms with Crippen molar-refractivity contribution in [1.29, 1.82) is 0 Å². The number of amides is 3. The van der Waals surface area contributed by atoms with Gasteiger partial charge in [-0.25, -0.2) is 0 Å². The Morgan fingerprint density at radius 1 is 1.29 bits per heavy atom. The third-order valence-corrected chi connectivity index (χ3v) is 10.0. The topological polar surface area (TPSA) is 98.7 Å². The van der Waals surface area contributed by atoms with E-state index in [4.69, 9.17) is 0 Å². The van der Waals surface area contributed by atoms with Crippen molar-refractivity contribution in [2.45, 2.75) is 88.4 Å². The zero-order chi connectivity index (χ0) is 23.1. The summed E-state index contributed by atoms with van der Waals surface area (Å²) in [6.07, 6.45) is 3.43. The van der Waals surface area contributed by atoms with Crippen LogP contribution in [0.5, 0.6) is 0 Å². The van der Waals surface area contributed by atoms with E-state index in [9.17, 15) is 19.5 Å². The first-order valence-corrected chi connectivity index (χ1v) is 12.7. The summed E-state index contributed by atoms with van der Waals surface area (Å²) in [5.74, 6) is -1.17. The summed E-state index contributed by atoms with van der Waals surface area (Å²) in [7, 11) is 1.61. The first-order valence-electron chi connectivity index (χ1n) is 11.8. The summed E-state index contributed by atoms with van der Waals surface area (Å²) in [6, 6.07) is -1.10. The lowest BCUT2D eigenvalue weighted by Gasteiger charge is -2.41. The van der Waals surface area contributed by atoms with Gasteiger partial charge in [-0.2, -0.15) is 0 Å². The van der Waals surface area contributed by atoms with Crippen LogP contribution in [0.25, 0.3) is 0 Å². The summed E-state index contributed by atoms with van der Waals surface area (Å²) in [5.41, 5.74) is 0. The molecule has 3 saturated heterocycles. The summed E-state index contributed by atoms with van der Waals surface area (Å²) >= 11 is 1.68. The molecular formula is C23H39N3O4S. The zero-order valence-corrected chi connectivity index (χ0v) is 20.5. The van der Waals surface area contributed by atoms with Crippen molar-refractivity contribution in [2.75, 3.05) is 13.7 Å². The van der Waals surface area contributed by atoms with Gasteiger partial charge in [-0.3, -0.25) is 14.4 Å². The smallest absolute Gasteiger partial charge is 0.244 e. The average Bonchev–Trinajstić information content (AvgIpc) is 3.32. The van der Waals surface area contributed by atoms with Crippen LogP contribution in [0.2, 0.25) is 0 Å². The van der Waals surface area contributed by atoms with Gasteiger partial charge in [-0.05, 0) is 31.6 Å². The van der Waals surface area contributed by atoms with Crippen molar-refractivity contribution in [1.82, 2.24) is 15.5 Å². The Labute approximate surface area is 190 Å². The molecule has 0 aromatic carbocycles. The quantitative estimate of drug-likeness (QED) is 0.494. The van der Waals surface area contributed by atoms with Crippen molar-refractivity contribution in [3.8, 4) is 0 Å². The van der Waals surface area contributed by atoms with E-state index in [1.54, 1.807) is 23.7 Å². The van der Waals surface area contributed by atoms with Gasteiger partial charge in [0.15, 0.2) is 0 Å². The van der Waals surface area contributed by atoms with Crippen LogP contribution >= 0.6 is 11.8 Å². The zero-order valence-electron chi connectivity index (χ0n) is 19.7. The van der Waals surface area contributed by atoms with Crippen LogP contribution in [0.1, 0.15) is 60.3 Å². The molecule has 4 unspecified atom stereocenters. The van der Waals surface area contributed by atoms with Crippen LogP contribution in [-0.4, -0.2) is 69.5 Å². The SMILES string of the molecule is CCCC(C)NC(=O)C1N([C@@H](CO)[C@@H](C)CC)C(=O)[C@@H]2[C@H](C(=O)NC)[C@@H]3CC(C)C12S3. The Bertz CT molecular complexity index is 719. The summed E-state index contributed by atoms with van der Waals surface area (Å²) in [6.45, 7) is 10.0. The molecule has 0 radical (unpaired) electrons. The highest BCUT2D eigenvalue weighted by molar-refractivity contribution is 8.02. The number of aliphatic hydroxyl groups excluding tert-OH is 1. The third kappa shape index (κ3) is 3.67. The molecule has 3 rings (SSSR count). The number of hydrogen-bond acceptors (Lipinski definition) is 5. The van der Waals surface area contributed by atoms with Crippen molar-refractivity contribution >= 4 is 29.5 Å². The second kappa shape index (κ2) is 9.30. The van der Waals surface area contributed by atoms with Crippen LogP contribution in [0.4, 0.5) is 0 Å². The molecule has 3 aliphatic rings. The molecule has 3 heterocycles. The van der Waals surface area contributed by atoms with Crippen molar-refractivity contribution in [3.05, 3.63) is 0 Å². The van der Waals surface area contributed by atoms with E-state index in [2.05, 4.69) is 24.5 Å². The molecule has 3 aliphatic heterocycles. The Morgan fingerprint density at radius 3 is 2.52 bits per heavy atom. The lowest BCUT2D eigenvalue weighted by molar-refractivity contribution is -0.144. The summed E-state index contributed by atoms with van der Waals surface area (Å²) in [5, 5.41) is 16.2. The monoisotopic (exact) mass is 453 g/mol. The van der Waals surface area contributed by atoms with E-state index in [0.717, 1.165) is 25.7 Å². The predicted octanol–water partition coefficient (Wildman–Crippen LogP) is 1.78. The Balaban J connectivity index is 2.09. The molecule has 0 aromatic rings. The molecule has 1 spiro atoms. The molecule has 31 heavy (non-hydrogen) atoms. The second-order valence-electron chi connectivity index (χ2n) is 9.75. The molecule has 7 nitrogen and oxygen atoms in total. The molecule has 0 saturated carbocycles. The number of nitrogens with zero attached hydrogens (tertiary/aromatic N) is 1. The standard InChI is InChI=1S/C23H39N3O4S/c1-7-9-14(5)25-21(29)19-23-13(4)10-16(31-23)17(20(28)24-6)18(23)22(30)26(19)15(11-27)12(3)8-2/h12-19,27H,7-11H2,1-6H3,(H,24,28)(H,25,29)/t12-,13?,14?,15-,16-,17+,18-,19?,23?/m0/s1. The summed E-state index contributed by atoms with van der Waals surface area (Å²) in [4.78, 5) is 42.2.